The fourth-order valence-electron chi connectivity index (χ4n) is 2.55. The summed E-state index contributed by atoms with van der Waals surface area (Å²) >= 11 is 1.86. The first-order chi connectivity index (χ1) is 10.5. The van der Waals surface area contributed by atoms with Gasteiger partial charge in [-0.15, -0.1) is 0 Å². The van der Waals surface area contributed by atoms with E-state index in [2.05, 4.69) is 29.6 Å². The Labute approximate surface area is 134 Å². The second kappa shape index (κ2) is 5.68. The maximum atomic E-state index is 6.27. The van der Waals surface area contributed by atoms with Crippen molar-refractivity contribution in [1.29, 1.82) is 0 Å². The summed E-state index contributed by atoms with van der Waals surface area (Å²) in [5.41, 5.74) is 10.3. The molecule has 0 radical (unpaired) electrons. The minimum atomic E-state index is 0.552. The minimum Gasteiger partial charge on any atom is -0.383 e. The maximum absolute atomic E-state index is 6.27. The number of anilines is 1. The second-order valence-corrected chi connectivity index (χ2v) is 7.24. The molecule has 0 saturated heterocycles. The SMILES string of the molecule is CC(C)SCc1nn(C)c(N)c1-c1nc2ccccc2n1C. The average Bonchev–Trinajstić information content (AvgIpc) is 2.95. The lowest BCUT2D eigenvalue weighted by Crippen LogP contribution is -2.00. The van der Waals surface area contributed by atoms with Gasteiger partial charge in [-0.25, -0.2) is 4.98 Å². The molecular weight excluding hydrogens is 294 g/mol. The molecule has 2 heterocycles. The normalized spacial score (nSPS) is 11.7. The number of imidazole rings is 1. The summed E-state index contributed by atoms with van der Waals surface area (Å²) in [6.45, 7) is 4.37. The van der Waals surface area contributed by atoms with E-state index in [9.17, 15) is 0 Å². The Bertz CT molecular complexity index is 815. The molecule has 0 aliphatic carbocycles. The van der Waals surface area contributed by atoms with Crippen LogP contribution in [0, 0.1) is 0 Å². The first-order valence-corrected chi connectivity index (χ1v) is 8.38. The van der Waals surface area contributed by atoms with Crippen LogP contribution in [0.15, 0.2) is 24.3 Å². The first kappa shape index (κ1) is 15.0. The van der Waals surface area contributed by atoms with Crippen LogP contribution in [0.4, 0.5) is 5.82 Å². The zero-order valence-electron chi connectivity index (χ0n) is 13.4. The highest BCUT2D eigenvalue weighted by Crippen LogP contribution is 2.33. The third kappa shape index (κ3) is 2.47. The van der Waals surface area contributed by atoms with Gasteiger partial charge in [-0.2, -0.15) is 16.9 Å². The van der Waals surface area contributed by atoms with Crippen molar-refractivity contribution in [3.63, 3.8) is 0 Å². The number of hydrogen-bond donors (Lipinski definition) is 1. The summed E-state index contributed by atoms with van der Waals surface area (Å²) in [7, 11) is 3.90. The van der Waals surface area contributed by atoms with Crippen LogP contribution in [0.3, 0.4) is 0 Å². The van der Waals surface area contributed by atoms with E-state index in [-0.39, 0.29) is 0 Å². The number of benzene rings is 1. The topological polar surface area (TPSA) is 61.7 Å². The molecule has 22 heavy (non-hydrogen) atoms. The average molecular weight is 315 g/mol. The molecule has 2 N–H and O–H groups in total. The predicted octanol–water partition coefficient (Wildman–Crippen LogP) is 3.20. The summed E-state index contributed by atoms with van der Waals surface area (Å²) in [4.78, 5) is 4.76. The molecular formula is C16H21N5S. The van der Waals surface area contributed by atoms with Crippen LogP contribution in [0.5, 0.6) is 0 Å². The Morgan fingerprint density at radius 2 is 1.95 bits per heavy atom. The van der Waals surface area contributed by atoms with E-state index < -0.39 is 0 Å². The summed E-state index contributed by atoms with van der Waals surface area (Å²) in [5.74, 6) is 2.38. The largest absolute Gasteiger partial charge is 0.383 e. The van der Waals surface area contributed by atoms with Crippen molar-refractivity contribution in [1.82, 2.24) is 19.3 Å². The van der Waals surface area contributed by atoms with Crippen LogP contribution in [-0.4, -0.2) is 24.6 Å². The summed E-state index contributed by atoms with van der Waals surface area (Å²) in [6.07, 6.45) is 0. The number of rotatable bonds is 4. The smallest absolute Gasteiger partial charge is 0.146 e. The van der Waals surface area contributed by atoms with Crippen molar-refractivity contribution < 1.29 is 0 Å². The molecule has 3 rings (SSSR count). The number of nitrogen functional groups attached to an aromatic ring is 1. The quantitative estimate of drug-likeness (QED) is 0.803. The van der Waals surface area contributed by atoms with Crippen molar-refractivity contribution in [2.24, 2.45) is 14.1 Å². The lowest BCUT2D eigenvalue weighted by atomic mass is 10.2. The molecule has 0 saturated carbocycles. The molecule has 5 nitrogen and oxygen atoms in total. The van der Waals surface area contributed by atoms with Gasteiger partial charge in [0.05, 0.1) is 22.3 Å². The van der Waals surface area contributed by atoms with Crippen LogP contribution in [0.2, 0.25) is 0 Å². The van der Waals surface area contributed by atoms with Crippen molar-refractivity contribution in [2.75, 3.05) is 5.73 Å². The number of fused-ring (bicyclic) bond motifs is 1. The van der Waals surface area contributed by atoms with Gasteiger partial charge >= 0.3 is 0 Å². The number of nitrogens with two attached hydrogens (primary N) is 1. The van der Waals surface area contributed by atoms with Gasteiger partial charge in [-0.1, -0.05) is 26.0 Å². The molecule has 0 aliphatic heterocycles. The molecule has 0 fully saturated rings. The van der Waals surface area contributed by atoms with Crippen molar-refractivity contribution in [3.8, 4) is 11.4 Å². The molecule has 3 aromatic rings. The number of aryl methyl sites for hydroxylation is 2. The van der Waals surface area contributed by atoms with Crippen LogP contribution < -0.4 is 5.73 Å². The van der Waals surface area contributed by atoms with Crippen LogP contribution in [-0.2, 0) is 19.8 Å². The fraction of sp³-hybridized carbons (Fsp3) is 0.375. The third-order valence-corrected chi connectivity index (χ3v) is 4.83. The molecule has 0 atom stereocenters. The van der Waals surface area contributed by atoms with Crippen molar-refractivity contribution >= 4 is 28.6 Å². The fourth-order valence-corrected chi connectivity index (χ4v) is 3.25. The number of hydrogen-bond acceptors (Lipinski definition) is 4. The Morgan fingerprint density at radius 3 is 2.64 bits per heavy atom. The van der Waals surface area contributed by atoms with E-state index in [0.29, 0.717) is 11.1 Å². The number of aromatic nitrogens is 4. The lowest BCUT2D eigenvalue weighted by molar-refractivity contribution is 0.765. The van der Waals surface area contributed by atoms with Gasteiger partial charge in [0.15, 0.2) is 0 Å². The highest BCUT2D eigenvalue weighted by Gasteiger charge is 2.21. The Kier molecular flexibility index (Phi) is 3.87. The molecule has 1 aromatic carbocycles. The van der Waals surface area contributed by atoms with Gasteiger partial charge in [0.1, 0.15) is 11.6 Å². The van der Waals surface area contributed by atoms with Gasteiger partial charge in [0.2, 0.25) is 0 Å². The zero-order chi connectivity index (χ0) is 15.9. The number of thioether (sulfide) groups is 1. The summed E-state index contributed by atoms with van der Waals surface area (Å²) < 4.78 is 3.83. The van der Waals surface area contributed by atoms with Gasteiger partial charge < -0.3 is 10.3 Å². The van der Waals surface area contributed by atoms with Gasteiger partial charge in [-0.05, 0) is 17.4 Å². The highest BCUT2D eigenvalue weighted by molar-refractivity contribution is 7.99. The highest BCUT2D eigenvalue weighted by atomic mass is 32.2. The molecule has 6 heteroatoms. The number of nitrogens with zero attached hydrogens (tertiary/aromatic N) is 4. The maximum Gasteiger partial charge on any atom is 0.146 e. The molecule has 0 spiro atoms. The Hall–Kier alpha value is -1.95. The molecule has 0 bridgehead atoms. The number of para-hydroxylation sites is 2. The standard InChI is InChI=1S/C16H21N5S/c1-10(2)22-9-12-14(15(17)21(4)19-12)16-18-11-7-5-6-8-13(11)20(16)3/h5-8,10H,9,17H2,1-4H3. The van der Waals surface area contributed by atoms with Gasteiger partial charge in [-0.3, -0.25) is 4.68 Å². The summed E-state index contributed by atoms with van der Waals surface area (Å²) in [5, 5.41) is 5.14. The van der Waals surface area contributed by atoms with Crippen LogP contribution in [0.1, 0.15) is 19.5 Å². The first-order valence-electron chi connectivity index (χ1n) is 7.33. The minimum absolute atomic E-state index is 0.552. The third-order valence-electron chi connectivity index (χ3n) is 3.73. The lowest BCUT2D eigenvalue weighted by Gasteiger charge is -2.06. The van der Waals surface area contributed by atoms with Gasteiger partial charge in [0, 0.05) is 19.8 Å². The van der Waals surface area contributed by atoms with E-state index in [4.69, 9.17) is 10.7 Å². The predicted molar refractivity (Wildman–Crippen MR) is 93.8 cm³/mol. The molecule has 2 aromatic heterocycles. The summed E-state index contributed by atoms with van der Waals surface area (Å²) in [6, 6.07) is 8.12. The van der Waals surface area contributed by atoms with Crippen LogP contribution >= 0.6 is 11.8 Å². The van der Waals surface area contributed by atoms with E-state index >= 15 is 0 Å². The van der Waals surface area contributed by atoms with Crippen molar-refractivity contribution in [3.05, 3.63) is 30.0 Å². The van der Waals surface area contributed by atoms with Gasteiger partial charge in [0.25, 0.3) is 0 Å². The van der Waals surface area contributed by atoms with Crippen LogP contribution in [0.25, 0.3) is 22.4 Å². The Morgan fingerprint density at radius 1 is 1.23 bits per heavy atom. The van der Waals surface area contributed by atoms with E-state index in [0.717, 1.165) is 33.9 Å². The van der Waals surface area contributed by atoms with Crippen molar-refractivity contribution in [2.45, 2.75) is 24.9 Å². The van der Waals surface area contributed by atoms with E-state index in [1.165, 1.54) is 0 Å². The molecule has 116 valence electrons. The second-order valence-electron chi connectivity index (χ2n) is 5.67. The Balaban J connectivity index is 2.15. The van der Waals surface area contributed by atoms with E-state index in [1.807, 2.05) is 44.1 Å². The molecule has 0 unspecified atom stereocenters. The molecule has 0 amide bonds. The van der Waals surface area contributed by atoms with E-state index in [1.54, 1.807) is 4.68 Å². The zero-order valence-corrected chi connectivity index (χ0v) is 14.2. The molecule has 0 aliphatic rings. The monoisotopic (exact) mass is 315 g/mol.